The monoisotopic (exact) mass is 545 g/mol. The van der Waals surface area contributed by atoms with Crippen molar-refractivity contribution in [2.24, 2.45) is 5.92 Å². The van der Waals surface area contributed by atoms with Gasteiger partial charge in [0.15, 0.2) is 0 Å². The normalized spacial score (nSPS) is 14.8. The van der Waals surface area contributed by atoms with Crippen molar-refractivity contribution in [3.05, 3.63) is 114 Å². The topological polar surface area (TPSA) is 0 Å². The minimum absolute atomic E-state index is 0.207. The Bertz CT molecular complexity index is 1310. The number of fused-ring (bicyclic) bond motifs is 1. The fourth-order valence-corrected chi connectivity index (χ4v) is 10.7. The molecule has 1 unspecified atom stereocenters. The van der Waals surface area contributed by atoms with Gasteiger partial charge in [0.25, 0.3) is 0 Å². The van der Waals surface area contributed by atoms with E-state index in [0.29, 0.717) is 5.92 Å². The molecule has 0 amide bonds. The van der Waals surface area contributed by atoms with Gasteiger partial charge in [-0.15, -0.1) is 0 Å². The predicted molar refractivity (Wildman–Crippen MR) is 140 cm³/mol. The van der Waals surface area contributed by atoms with E-state index in [2.05, 4.69) is 117 Å². The summed E-state index contributed by atoms with van der Waals surface area (Å²) in [7, 11) is 13.5. The Morgan fingerprint density at radius 3 is 1.76 bits per heavy atom. The van der Waals surface area contributed by atoms with Gasteiger partial charge >= 0.3 is 213 Å². The molecule has 1 atom stereocenters. The molecule has 0 N–H and O–H groups in total. The Kier molecular flexibility index (Phi) is 6.75. The van der Waals surface area contributed by atoms with Gasteiger partial charge in [0, 0.05) is 0 Å². The van der Waals surface area contributed by atoms with Gasteiger partial charge < -0.3 is 0 Å². The zero-order chi connectivity index (χ0) is 22.9. The second kappa shape index (κ2) is 9.75. The average Bonchev–Trinajstić information content (AvgIpc) is 3.25. The molecule has 0 saturated carbocycles. The van der Waals surface area contributed by atoms with Gasteiger partial charge in [-0.1, -0.05) is 0 Å². The second-order valence-corrected chi connectivity index (χ2v) is 17.6. The van der Waals surface area contributed by atoms with Crippen LogP contribution in [0.2, 0.25) is 0 Å². The molecule has 33 heavy (non-hydrogen) atoms. The minimum atomic E-state index is -2.59. The van der Waals surface area contributed by atoms with Crippen molar-refractivity contribution in [3.8, 4) is 33.4 Å². The van der Waals surface area contributed by atoms with E-state index in [1.807, 2.05) is 0 Å². The Morgan fingerprint density at radius 1 is 0.636 bits per heavy atom. The number of hydrogen-bond acceptors (Lipinski definition) is 0. The molecule has 0 aliphatic heterocycles. The fourth-order valence-electron chi connectivity index (χ4n) is 4.93. The number of hydrogen-bond donors (Lipinski definition) is 0. The zero-order valence-corrected chi connectivity index (χ0v) is 22.7. The summed E-state index contributed by atoms with van der Waals surface area (Å²) in [4.78, 5) is 0. The maximum atomic E-state index is 6.75. The number of rotatable bonds is 5. The first-order chi connectivity index (χ1) is 16.1. The summed E-state index contributed by atoms with van der Waals surface area (Å²) in [6.45, 7) is 4.50. The van der Waals surface area contributed by atoms with Gasteiger partial charge in [0.05, 0.1) is 0 Å². The Labute approximate surface area is 211 Å². The van der Waals surface area contributed by atoms with Crippen molar-refractivity contribution >= 4 is 23.1 Å². The third-order valence-electron chi connectivity index (χ3n) is 6.49. The van der Waals surface area contributed by atoms with Crippen molar-refractivity contribution < 1.29 is 19.4 Å². The first kappa shape index (κ1) is 22.9. The van der Waals surface area contributed by atoms with Crippen LogP contribution in [0.15, 0.2) is 103 Å². The van der Waals surface area contributed by atoms with E-state index in [9.17, 15) is 0 Å². The summed E-state index contributed by atoms with van der Waals surface area (Å²) in [5.41, 5.74) is 11.4. The molecule has 163 valence electrons. The van der Waals surface area contributed by atoms with Crippen LogP contribution in [0.4, 0.5) is 0 Å². The summed E-state index contributed by atoms with van der Waals surface area (Å²) >= 11 is -2.59. The van der Waals surface area contributed by atoms with Crippen LogP contribution in [0.3, 0.4) is 0 Å². The van der Waals surface area contributed by atoms with Crippen LogP contribution in [0.1, 0.15) is 28.6 Å². The van der Waals surface area contributed by atoms with Crippen molar-refractivity contribution in [1.82, 2.24) is 0 Å². The number of benzene rings is 4. The van der Waals surface area contributed by atoms with Gasteiger partial charge in [-0.3, -0.25) is 0 Å². The van der Waals surface area contributed by atoms with Crippen LogP contribution in [-0.2, 0) is 19.4 Å². The second-order valence-electron chi connectivity index (χ2n) is 8.79. The predicted octanol–water partition coefficient (Wildman–Crippen LogP) is 9.71. The third kappa shape index (κ3) is 4.32. The van der Waals surface area contributed by atoms with E-state index in [0.717, 1.165) is 0 Å². The molecule has 0 heterocycles. The van der Waals surface area contributed by atoms with Gasteiger partial charge in [0.2, 0.25) is 0 Å². The molecule has 1 aliphatic carbocycles. The SMILES string of the molecule is CC(C)C1=Cc2c(ccc(-c3ccccc3)c2-c2ccccc2-c2ccccc2)[CH]1[Zr]([Cl])[Cl]. The van der Waals surface area contributed by atoms with Crippen LogP contribution < -0.4 is 0 Å². The number of halogens is 2. The molecule has 4 aromatic carbocycles. The third-order valence-corrected chi connectivity index (χ3v) is 11.7. The Morgan fingerprint density at radius 2 is 1.18 bits per heavy atom. The van der Waals surface area contributed by atoms with Gasteiger partial charge in [0.1, 0.15) is 0 Å². The molecule has 0 radical (unpaired) electrons. The number of allylic oxidation sites excluding steroid dienone is 1. The summed E-state index contributed by atoms with van der Waals surface area (Å²) in [6.07, 6.45) is 2.39. The standard InChI is InChI=1S/C30H25.2ClH.Zr/c1-21(2)25-19-24-17-18-27(23-13-7-4-8-14-23)30(29(24)20-25)28-16-10-9-15-26(28)22-11-5-3-6-12-22;;;/h3-21H,1-2H3;2*1H;/q;;;+2/p-2. The van der Waals surface area contributed by atoms with Crippen LogP contribution in [0.5, 0.6) is 0 Å². The Balaban J connectivity index is 1.85. The van der Waals surface area contributed by atoms with Gasteiger partial charge in [-0.05, 0) is 0 Å². The summed E-state index contributed by atoms with van der Waals surface area (Å²) < 4.78 is 0.207. The molecule has 0 aromatic heterocycles. The molecule has 3 heteroatoms. The van der Waals surface area contributed by atoms with Crippen molar-refractivity contribution in [2.45, 2.75) is 17.5 Å². The van der Waals surface area contributed by atoms with Crippen LogP contribution >= 0.6 is 17.0 Å². The van der Waals surface area contributed by atoms with E-state index >= 15 is 0 Å². The summed E-state index contributed by atoms with van der Waals surface area (Å²) in [5, 5.41) is 0. The molecule has 4 aromatic rings. The molecule has 0 saturated heterocycles. The molecular weight excluding hydrogens is 522 g/mol. The zero-order valence-electron chi connectivity index (χ0n) is 18.7. The van der Waals surface area contributed by atoms with E-state index in [-0.39, 0.29) is 3.63 Å². The quantitative estimate of drug-likeness (QED) is 0.233. The fraction of sp³-hybridized carbons (Fsp3) is 0.133. The van der Waals surface area contributed by atoms with E-state index in [1.165, 1.54) is 50.1 Å². The van der Waals surface area contributed by atoms with Crippen molar-refractivity contribution in [3.63, 3.8) is 0 Å². The van der Waals surface area contributed by atoms with Gasteiger partial charge in [-0.25, -0.2) is 0 Å². The summed E-state index contributed by atoms with van der Waals surface area (Å²) in [6, 6.07) is 34.6. The average molecular weight is 548 g/mol. The Hall–Kier alpha value is -1.92. The molecular formula is C30H25Cl2Zr. The first-order valence-electron chi connectivity index (χ1n) is 11.3. The molecule has 0 spiro atoms. The van der Waals surface area contributed by atoms with Crippen molar-refractivity contribution in [1.29, 1.82) is 0 Å². The molecule has 0 nitrogen and oxygen atoms in total. The molecule has 5 rings (SSSR count). The van der Waals surface area contributed by atoms with Crippen molar-refractivity contribution in [2.75, 3.05) is 0 Å². The van der Waals surface area contributed by atoms with E-state index in [1.54, 1.807) is 0 Å². The molecule has 0 bridgehead atoms. The van der Waals surface area contributed by atoms with Crippen LogP contribution in [0, 0.1) is 5.92 Å². The molecule has 1 aliphatic rings. The van der Waals surface area contributed by atoms with Crippen LogP contribution in [0.25, 0.3) is 39.5 Å². The maximum absolute atomic E-state index is 6.75. The van der Waals surface area contributed by atoms with E-state index < -0.39 is 19.4 Å². The van der Waals surface area contributed by atoms with Crippen LogP contribution in [-0.4, -0.2) is 0 Å². The van der Waals surface area contributed by atoms with Gasteiger partial charge in [-0.2, -0.15) is 0 Å². The summed E-state index contributed by atoms with van der Waals surface area (Å²) in [5.74, 6) is 0.410. The molecule has 0 fully saturated rings. The first-order valence-corrected chi connectivity index (χ1v) is 19.1. The van der Waals surface area contributed by atoms with E-state index in [4.69, 9.17) is 17.0 Å².